The van der Waals surface area contributed by atoms with Crippen molar-refractivity contribution in [1.82, 2.24) is 15.2 Å². The van der Waals surface area contributed by atoms with Crippen molar-refractivity contribution < 1.29 is 4.74 Å². The molecule has 1 aliphatic heterocycles. The normalized spacial score (nSPS) is 17.6. The third-order valence-electron chi connectivity index (χ3n) is 3.80. The summed E-state index contributed by atoms with van der Waals surface area (Å²) < 4.78 is 5.08. The van der Waals surface area contributed by atoms with Gasteiger partial charge in [-0.15, -0.1) is 0 Å². The van der Waals surface area contributed by atoms with Crippen LogP contribution < -0.4 is 10.1 Å². The lowest BCUT2D eigenvalue weighted by atomic mass is 9.96. The van der Waals surface area contributed by atoms with Gasteiger partial charge in [-0.1, -0.05) is 13.0 Å². The van der Waals surface area contributed by atoms with Crippen LogP contribution in [0.15, 0.2) is 18.3 Å². The van der Waals surface area contributed by atoms with E-state index in [1.165, 1.54) is 38.0 Å². The highest BCUT2D eigenvalue weighted by atomic mass is 16.5. The van der Waals surface area contributed by atoms with Gasteiger partial charge in [0.15, 0.2) is 0 Å². The SMILES string of the molecule is CCNCC1CCN(Cc2ccc(OC)nc2)CC1. The first-order chi connectivity index (χ1) is 9.31. The first kappa shape index (κ1) is 14.3. The van der Waals surface area contributed by atoms with Crippen LogP contribution in [0.25, 0.3) is 0 Å². The van der Waals surface area contributed by atoms with Crippen LogP contribution in [-0.4, -0.2) is 43.2 Å². The minimum absolute atomic E-state index is 0.688. The molecule has 0 spiro atoms. The molecule has 4 nitrogen and oxygen atoms in total. The van der Waals surface area contributed by atoms with Gasteiger partial charge in [0, 0.05) is 18.8 Å². The van der Waals surface area contributed by atoms with E-state index in [1.54, 1.807) is 7.11 Å². The van der Waals surface area contributed by atoms with Crippen molar-refractivity contribution in [1.29, 1.82) is 0 Å². The maximum atomic E-state index is 5.08. The van der Waals surface area contributed by atoms with Crippen LogP contribution in [0.1, 0.15) is 25.3 Å². The average molecular weight is 263 g/mol. The fourth-order valence-electron chi connectivity index (χ4n) is 2.58. The van der Waals surface area contributed by atoms with E-state index in [-0.39, 0.29) is 0 Å². The Balaban J connectivity index is 1.75. The number of likely N-dealkylation sites (tertiary alicyclic amines) is 1. The van der Waals surface area contributed by atoms with E-state index in [9.17, 15) is 0 Å². The molecule has 106 valence electrons. The van der Waals surface area contributed by atoms with Crippen LogP contribution in [0.2, 0.25) is 0 Å². The highest BCUT2D eigenvalue weighted by Crippen LogP contribution is 2.18. The van der Waals surface area contributed by atoms with Gasteiger partial charge in [-0.3, -0.25) is 4.90 Å². The molecular weight excluding hydrogens is 238 g/mol. The van der Waals surface area contributed by atoms with Crippen LogP contribution in [0.4, 0.5) is 0 Å². The van der Waals surface area contributed by atoms with Gasteiger partial charge < -0.3 is 10.1 Å². The van der Waals surface area contributed by atoms with Gasteiger partial charge in [-0.2, -0.15) is 0 Å². The van der Waals surface area contributed by atoms with Crippen LogP contribution in [0.3, 0.4) is 0 Å². The quantitative estimate of drug-likeness (QED) is 0.851. The predicted octanol–water partition coefficient (Wildman–Crippen LogP) is 1.91. The molecule has 19 heavy (non-hydrogen) atoms. The number of hydrogen-bond donors (Lipinski definition) is 1. The highest BCUT2D eigenvalue weighted by molar-refractivity contribution is 5.17. The largest absolute Gasteiger partial charge is 0.481 e. The second-order valence-electron chi connectivity index (χ2n) is 5.24. The van der Waals surface area contributed by atoms with Gasteiger partial charge >= 0.3 is 0 Å². The Kier molecular flexibility index (Phi) is 5.61. The summed E-state index contributed by atoms with van der Waals surface area (Å²) in [6.45, 7) is 7.83. The smallest absolute Gasteiger partial charge is 0.212 e. The molecule has 2 rings (SSSR count). The topological polar surface area (TPSA) is 37.4 Å². The summed E-state index contributed by atoms with van der Waals surface area (Å²) in [5.74, 6) is 1.54. The molecule has 1 aromatic rings. The van der Waals surface area contributed by atoms with Crippen LogP contribution in [-0.2, 0) is 6.54 Å². The Labute approximate surface area is 116 Å². The molecule has 1 aliphatic rings. The third kappa shape index (κ3) is 4.48. The number of ether oxygens (including phenoxy) is 1. The van der Waals surface area contributed by atoms with Crippen LogP contribution in [0, 0.1) is 5.92 Å². The molecule has 0 amide bonds. The first-order valence-corrected chi connectivity index (χ1v) is 7.23. The monoisotopic (exact) mass is 263 g/mol. The molecule has 0 aliphatic carbocycles. The highest BCUT2D eigenvalue weighted by Gasteiger charge is 2.18. The Morgan fingerprint density at radius 1 is 1.37 bits per heavy atom. The van der Waals surface area contributed by atoms with Crippen LogP contribution in [0.5, 0.6) is 5.88 Å². The number of rotatable bonds is 6. The maximum absolute atomic E-state index is 5.08. The minimum Gasteiger partial charge on any atom is -0.481 e. The van der Waals surface area contributed by atoms with Crippen molar-refractivity contribution >= 4 is 0 Å². The van der Waals surface area contributed by atoms with Gasteiger partial charge in [0.2, 0.25) is 5.88 Å². The van der Waals surface area contributed by atoms with Gasteiger partial charge in [0.25, 0.3) is 0 Å². The third-order valence-corrected chi connectivity index (χ3v) is 3.80. The van der Waals surface area contributed by atoms with Crippen molar-refractivity contribution in [3.8, 4) is 5.88 Å². The molecular formula is C15H25N3O. The second-order valence-corrected chi connectivity index (χ2v) is 5.24. The summed E-state index contributed by atoms with van der Waals surface area (Å²) in [5.41, 5.74) is 1.27. The summed E-state index contributed by atoms with van der Waals surface area (Å²) >= 11 is 0. The molecule has 2 heterocycles. The van der Waals surface area contributed by atoms with E-state index >= 15 is 0 Å². The zero-order chi connectivity index (χ0) is 13.5. The summed E-state index contributed by atoms with van der Waals surface area (Å²) in [6, 6.07) is 4.05. The fraction of sp³-hybridized carbons (Fsp3) is 0.667. The summed E-state index contributed by atoms with van der Waals surface area (Å²) in [7, 11) is 1.65. The average Bonchev–Trinajstić information content (AvgIpc) is 2.47. The standard InChI is InChI=1S/C15H25N3O/c1-3-16-10-13-6-8-18(9-7-13)12-14-4-5-15(19-2)17-11-14/h4-5,11,13,16H,3,6-10,12H2,1-2H3. The summed E-state index contributed by atoms with van der Waals surface area (Å²) in [6.07, 6.45) is 4.52. The molecule has 0 aromatic carbocycles. The fourth-order valence-corrected chi connectivity index (χ4v) is 2.58. The Bertz CT molecular complexity index is 358. The molecule has 4 heteroatoms. The Morgan fingerprint density at radius 3 is 2.74 bits per heavy atom. The van der Waals surface area contributed by atoms with Crippen molar-refractivity contribution in [2.24, 2.45) is 5.92 Å². The molecule has 1 fully saturated rings. The molecule has 0 saturated carbocycles. The number of hydrogen-bond acceptors (Lipinski definition) is 4. The van der Waals surface area contributed by atoms with Crippen molar-refractivity contribution in [3.63, 3.8) is 0 Å². The second kappa shape index (κ2) is 7.46. The number of nitrogens with one attached hydrogen (secondary N) is 1. The number of piperidine rings is 1. The van der Waals surface area contributed by atoms with Gasteiger partial charge in [-0.25, -0.2) is 4.98 Å². The number of pyridine rings is 1. The molecule has 0 radical (unpaired) electrons. The van der Waals surface area contributed by atoms with E-state index < -0.39 is 0 Å². The van der Waals surface area contributed by atoms with Gasteiger partial charge in [0.1, 0.15) is 0 Å². The summed E-state index contributed by atoms with van der Waals surface area (Å²) in [5, 5.41) is 3.45. The van der Waals surface area contributed by atoms with E-state index in [0.29, 0.717) is 5.88 Å². The van der Waals surface area contributed by atoms with Crippen LogP contribution >= 0.6 is 0 Å². The molecule has 0 atom stereocenters. The van der Waals surface area contributed by atoms with Gasteiger partial charge in [0.05, 0.1) is 7.11 Å². The van der Waals surface area contributed by atoms with Crippen molar-refractivity contribution in [2.45, 2.75) is 26.3 Å². The zero-order valence-corrected chi connectivity index (χ0v) is 12.1. The molecule has 1 aromatic heterocycles. The van der Waals surface area contributed by atoms with Gasteiger partial charge in [-0.05, 0) is 50.5 Å². The predicted molar refractivity (Wildman–Crippen MR) is 77.3 cm³/mol. The first-order valence-electron chi connectivity index (χ1n) is 7.23. The van der Waals surface area contributed by atoms with E-state index in [0.717, 1.165) is 19.0 Å². The lowest BCUT2D eigenvalue weighted by Gasteiger charge is -2.32. The van der Waals surface area contributed by atoms with E-state index in [2.05, 4.69) is 28.2 Å². The molecule has 1 N–H and O–H groups in total. The van der Waals surface area contributed by atoms with Crippen molar-refractivity contribution in [3.05, 3.63) is 23.9 Å². The molecule has 0 bridgehead atoms. The lowest BCUT2D eigenvalue weighted by Crippen LogP contribution is -2.36. The van der Waals surface area contributed by atoms with Crippen molar-refractivity contribution in [2.75, 3.05) is 33.3 Å². The Hall–Kier alpha value is -1.13. The lowest BCUT2D eigenvalue weighted by molar-refractivity contribution is 0.175. The van der Waals surface area contributed by atoms with E-state index in [4.69, 9.17) is 4.74 Å². The van der Waals surface area contributed by atoms with E-state index in [1.807, 2.05) is 12.3 Å². The minimum atomic E-state index is 0.688. The number of nitrogens with zero attached hydrogens (tertiary/aromatic N) is 2. The number of methoxy groups -OCH3 is 1. The molecule has 1 saturated heterocycles. The summed E-state index contributed by atoms with van der Waals surface area (Å²) in [4.78, 5) is 6.78. The number of aromatic nitrogens is 1. The molecule has 0 unspecified atom stereocenters. The Morgan fingerprint density at radius 2 is 2.16 bits per heavy atom. The maximum Gasteiger partial charge on any atom is 0.212 e. The zero-order valence-electron chi connectivity index (χ0n) is 12.1.